The highest BCUT2D eigenvalue weighted by Gasteiger charge is 2.54. The van der Waals surface area contributed by atoms with Crippen LogP contribution in [-0.2, 0) is 6.54 Å². The fraction of sp³-hybridized carbons (Fsp3) is 0.652. The number of H-pyrrole nitrogens is 1. The number of hydrogen-bond donors (Lipinski definition) is 4. The maximum absolute atomic E-state index is 12.0. The van der Waals surface area contributed by atoms with Crippen LogP contribution >= 0.6 is 0 Å². The summed E-state index contributed by atoms with van der Waals surface area (Å²) in [5.74, 6) is 1.59. The Morgan fingerprint density at radius 2 is 2.00 bits per heavy atom. The maximum atomic E-state index is 12.0. The molecule has 2 unspecified atom stereocenters. The number of carbonyl (C=O) groups is 1. The van der Waals surface area contributed by atoms with Gasteiger partial charge in [-0.1, -0.05) is 0 Å². The molecule has 2 aromatic heterocycles. The first kappa shape index (κ1) is 19.7. The number of nitrogens with one attached hydrogen (secondary N) is 2. The number of hydrogen-bond acceptors (Lipinski definition) is 4. The minimum absolute atomic E-state index is 0.282. The number of rotatable bonds is 4. The number of pyridine rings is 1. The second-order valence-electron chi connectivity index (χ2n) is 10.8. The second-order valence-corrected chi connectivity index (χ2v) is 10.8. The van der Waals surface area contributed by atoms with E-state index >= 15 is 0 Å². The first-order valence-corrected chi connectivity index (χ1v) is 11.1. The monoisotopic (exact) mass is 412 g/mol. The van der Waals surface area contributed by atoms with Gasteiger partial charge < -0.3 is 20.5 Å². The molecule has 2 aromatic rings. The van der Waals surface area contributed by atoms with E-state index in [2.05, 4.69) is 15.3 Å². The number of carboxylic acid groups (broad SMARTS) is 1. The van der Waals surface area contributed by atoms with Gasteiger partial charge in [0, 0.05) is 34.9 Å². The van der Waals surface area contributed by atoms with Gasteiger partial charge in [0.25, 0.3) is 0 Å². The lowest BCUT2D eigenvalue weighted by Gasteiger charge is -2.58. The molecule has 4 saturated carbocycles. The molecular formula is C23H32N4O3. The number of fused-ring (bicyclic) bond motifs is 1. The van der Waals surface area contributed by atoms with E-state index in [-0.39, 0.29) is 6.54 Å². The van der Waals surface area contributed by atoms with Crippen molar-refractivity contribution < 1.29 is 15.0 Å². The molecule has 1 amide bonds. The van der Waals surface area contributed by atoms with Crippen LogP contribution in [0.15, 0.2) is 18.5 Å². The van der Waals surface area contributed by atoms with E-state index in [1.807, 2.05) is 33.0 Å². The Morgan fingerprint density at radius 1 is 1.30 bits per heavy atom. The molecule has 0 spiro atoms. The number of aromatic nitrogens is 2. The Balaban J connectivity index is 1.50. The van der Waals surface area contributed by atoms with Crippen LogP contribution in [0.4, 0.5) is 10.5 Å². The van der Waals surface area contributed by atoms with Gasteiger partial charge in [0.15, 0.2) is 0 Å². The Hall–Kier alpha value is -2.28. The van der Waals surface area contributed by atoms with Crippen molar-refractivity contribution in [2.24, 2.45) is 17.8 Å². The molecule has 4 N–H and O–H groups in total. The predicted octanol–water partition coefficient (Wildman–Crippen LogP) is 4.19. The zero-order chi connectivity index (χ0) is 21.3. The number of aliphatic hydroxyl groups is 1. The van der Waals surface area contributed by atoms with Gasteiger partial charge in [0.05, 0.1) is 17.8 Å². The van der Waals surface area contributed by atoms with Crippen LogP contribution in [0.2, 0.25) is 0 Å². The lowest BCUT2D eigenvalue weighted by Crippen LogP contribution is -2.59. The Bertz CT molecular complexity index is 962. The summed E-state index contributed by atoms with van der Waals surface area (Å²) in [6.45, 7) is 6.02. The van der Waals surface area contributed by atoms with Gasteiger partial charge in [-0.05, 0) is 76.7 Å². The van der Waals surface area contributed by atoms with E-state index in [0.717, 1.165) is 41.5 Å². The molecular weight excluding hydrogens is 380 g/mol. The highest BCUT2D eigenvalue weighted by molar-refractivity contribution is 5.91. The number of amides is 1. The highest BCUT2D eigenvalue weighted by Crippen LogP contribution is 2.56. The van der Waals surface area contributed by atoms with E-state index in [1.54, 1.807) is 6.20 Å². The van der Waals surface area contributed by atoms with Crippen LogP contribution < -0.4 is 5.32 Å². The summed E-state index contributed by atoms with van der Waals surface area (Å²) in [5, 5.41) is 25.6. The second kappa shape index (κ2) is 6.61. The molecule has 4 bridgehead atoms. The van der Waals surface area contributed by atoms with Crippen LogP contribution in [0.25, 0.3) is 11.0 Å². The van der Waals surface area contributed by atoms with Crippen LogP contribution in [-0.4, -0.2) is 48.4 Å². The minimum Gasteiger partial charge on any atom is -0.465 e. The van der Waals surface area contributed by atoms with Gasteiger partial charge in [0.1, 0.15) is 5.65 Å². The molecule has 4 aliphatic rings. The minimum atomic E-state index is -0.931. The lowest BCUT2D eigenvalue weighted by molar-refractivity contribution is -0.129. The lowest BCUT2D eigenvalue weighted by atomic mass is 9.52. The summed E-state index contributed by atoms with van der Waals surface area (Å²) in [5.41, 5.74) is 1.71. The Labute approximate surface area is 176 Å². The maximum Gasteiger partial charge on any atom is 0.408 e. The molecule has 4 aliphatic carbocycles. The fourth-order valence-corrected chi connectivity index (χ4v) is 6.49. The van der Waals surface area contributed by atoms with E-state index in [0.29, 0.717) is 23.8 Å². The van der Waals surface area contributed by atoms with E-state index in [4.69, 9.17) is 0 Å². The highest BCUT2D eigenvalue weighted by atomic mass is 16.4. The third-order valence-electron chi connectivity index (χ3n) is 7.59. The molecule has 0 saturated heterocycles. The molecule has 2 heterocycles. The Morgan fingerprint density at radius 3 is 2.60 bits per heavy atom. The average molecular weight is 413 g/mol. The summed E-state index contributed by atoms with van der Waals surface area (Å²) >= 11 is 0. The third kappa shape index (κ3) is 3.23. The average Bonchev–Trinajstić information content (AvgIpc) is 3.09. The molecule has 6 rings (SSSR count). The summed E-state index contributed by atoms with van der Waals surface area (Å²) in [6, 6.07) is 2.33. The Kier molecular flexibility index (Phi) is 4.33. The van der Waals surface area contributed by atoms with Crippen molar-refractivity contribution in [2.75, 3.05) is 5.32 Å². The smallest absolute Gasteiger partial charge is 0.408 e. The summed E-state index contributed by atoms with van der Waals surface area (Å²) in [7, 11) is 0. The molecule has 4 fully saturated rings. The van der Waals surface area contributed by atoms with Gasteiger partial charge in [-0.25, -0.2) is 9.78 Å². The molecule has 0 aromatic carbocycles. The summed E-state index contributed by atoms with van der Waals surface area (Å²) in [4.78, 5) is 21.1. The first-order valence-electron chi connectivity index (χ1n) is 11.1. The van der Waals surface area contributed by atoms with Crippen molar-refractivity contribution in [1.29, 1.82) is 0 Å². The van der Waals surface area contributed by atoms with E-state index < -0.39 is 17.2 Å². The third-order valence-corrected chi connectivity index (χ3v) is 7.59. The number of aromatic amines is 1. The zero-order valence-electron chi connectivity index (χ0n) is 18.0. The molecule has 0 aliphatic heterocycles. The van der Waals surface area contributed by atoms with Gasteiger partial charge in [-0.2, -0.15) is 0 Å². The topological polar surface area (TPSA) is 101 Å². The molecule has 0 radical (unpaired) electrons. The number of anilines is 1. The van der Waals surface area contributed by atoms with E-state index in [9.17, 15) is 15.0 Å². The van der Waals surface area contributed by atoms with Crippen molar-refractivity contribution in [3.63, 3.8) is 0 Å². The molecule has 7 heteroatoms. The van der Waals surface area contributed by atoms with Gasteiger partial charge >= 0.3 is 6.09 Å². The van der Waals surface area contributed by atoms with Crippen molar-refractivity contribution in [2.45, 2.75) is 76.6 Å². The molecule has 2 atom stereocenters. The van der Waals surface area contributed by atoms with Crippen LogP contribution in [0.3, 0.4) is 0 Å². The van der Waals surface area contributed by atoms with Gasteiger partial charge in [-0.15, -0.1) is 0 Å². The predicted molar refractivity (Wildman–Crippen MR) is 115 cm³/mol. The van der Waals surface area contributed by atoms with Crippen LogP contribution in [0, 0.1) is 17.8 Å². The fourth-order valence-electron chi connectivity index (χ4n) is 6.49. The van der Waals surface area contributed by atoms with Crippen LogP contribution in [0.1, 0.15) is 58.4 Å². The normalized spacial score (nSPS) is 32.5. The zero-order valence-corrected chi connectivity index (χ0v) is 18.0. The van der Waals surface area contributed by atoms with Gasteiger partial charge in [0.2, 0.25) is 0 Å². The van der Waals surface area contributed by atoms with Crippen molar-refractivity contribution in [3.05, 3.63) is 24.0 Å². The number of nitrogens with zero attached hydrogens (tertiary/aromatic N) is 2. The summed E-state index contributed by atoms with van der Waals surface area (Å²) in [6.07, 6.45) is 7.81. The van der Waals surface area contributed by atoms with Crippen molar-refractivity contribution in [3.8, 4) is 0 Å². The van der Waals surface area contributed by atoms with E-state index in [1.165, 1.54) is 17.7 Å². The quantitative estimate of drug-likeness (QED) is 0.603. The largest absolute Gasteiger partial charge is 0.465 e. The van der Waals surface area contributed by atoms with Crippen LogP contribution in [0.5, 0.6) is 0 Å². The molecule has 30 heavy (non-hydrogen) atoms. The standard InChI is InChI=1S/C23H32N4O3/c1-22(2,3)27(21(28)29)12-16-11-25-20-17(4-5-24-20)19(16)26-18-14-6-13-7-15(18)10-23(30,8-13)9-14/h4-5,11,13-15,18,30H,6-10,12H2,1-3H3,(H,28,29)(H2,24,25,26). The first-order chi connectivity index (χ1) is 14.1. The summed E-state index contributed by atoms with van der Waals surface area (Å²) < 4.78 is 0. The SMILES string of the molecule is CC(C)(C)N(Cc1cnc2[nH]ccc2c1NC1C2CC3CC1CC(O)(C3)C2)C(=O)O. The molecule has 162 valence electrons. The van der Waals surface area contributed by atoms with Crippen molar-refractivity contribution >= 4 is 22.8 Å². The van der Waals surface area contributed by atoms with Crippen molar-refractivity contribution in [1.82, 2.24) is 14.9 Å². The van der Waals surface area contributed by atoms with Gasteiger partial charge in [-0.3, -0.25) is 4.90 Å². The molecule has 7 nitrogen and oxygen atoms in total.